The van der Waals surface area contributed by atoms with Gasteiger partial charge in [0.05, 0.1) is 0 Å². The molecule has 1 aliphatic carbocycles. The number of rotatable bonds is 4. The average Bonchev–Trinajstić information content (AvgIpc) is 2.63. The summed E-state index contributed by atoms with van der Waals surface area (Å²) >= 11 is 2.91. The summed E-state index contributed by atoms with van der Waals surface area (Å²) in [5.41, 5.74) is 0. The van der Waals surface area contributed by atoms with E-state index in [1.807, 2.05) is 0 Å². The second-order valence-electron chi connectivity index (χ2n) is 3.05. The molecule has 0 heterocycles. The summed E-state index contributed by atoms with van der Waals surface area (Å²) in [5.74, 6) is 1.27. The lowest BCUT2D eigenvalue weighted by atomic mass is 10.3. The summed E-state index contributed by atoms with van der Waals surface area (Å²) in [4.78, 5) is 0. The van der Waals surface area contributed by atoms with Gasteiger partial charge in [-0.05, 0) is 18.3 Å². The van der Waals surface area contributed by atoms with Crippen LogP contribution in [0.25, 0.3) is 0 Å². The topological polar surface area (TPSA) is 46.2 Å². The molecule has 0 amide bonds. The van der Waals surface area contributed by atoms with Gasteiger partial charge in [-0.25, -0.2) is 13.1 Å². The van der Waals surface area contributed by atoms with Crippen LogP contribution in [-0.4, -0.2) is 19.6 Å². The van der Waals surface area contributed by atoms with Crippen molar-refractivity contribution in [1.29, 1.82) is 0 Å². The van der Waals surface area contributed by atoms with Crippen molar-refractivity contribution in [3.8, 4) is 0 Å². The van der Waals surface area contributed by atoms with Crippen LogP contribution in [0.1, 0.15) is 13.3 Å². The lowest BCUT2D eigenvalue weighted by Gasteiger charge is -2.00. The summed E-state index contributed by atoms with van der Waals surface area (Å²) in [7, 11) is -3.03. The Morgan fingerprint density at radius 1 is 1.64 bits per heavy atom. The highest BCUT2D eigenvalue weighted by molar-refractivity contribution is 9.10. The minimum Gasteiger partial charge on any atom is -0.214 e. The number of hydrogen-bond acceptors (Lipinski definition) is 2. The highest BCUT2D eigenvalue weighted by Crippen LogP contribution is 2.36. The van der Waals surface area contributed by atoms with Crippen LogP contribution in [0.15, 0.2) is 0 Å². The van der Waals surface area contributed by atoms with Crippen LogP contribution in [0.5, 0.6) is 0 Å². The zero-order chi connectivity index (χ0) is 8.48. The van der Waals surface area contributed by atoms with Crippen molar-refractivity contribution in [1.82, 2.24) is 4.72 Å². The molecule has 0 bridgehead atoms. The molecular formula is C6H12BrNO2S. The Balaban J connectivity index is 2.22. The Hall–Kier alpha value is 0.390. The average molecular weight is 242 g/mol. The minimum absolute atomic E-state index is 0.00109. The number of hydrogen-bond donors (Lipinski definition) is 1. The van der Waals surface area contributed by atoms with Gasteiger partial charge in [0, 0.05) is 6.54 Å². The predicted molar refractivity (Wildman–Crippen MR) is 48.0 cm³/mol. The maximum atomic E-state index is 10.9. The summed E-state index contributed by atoms with van der Waals surface area (Å²) < 4.78 is 24.3. The van der Waals surface area contributed by atoms with Crippen molar-refractivity contribution in [2.24, 2.45) is 11.8 Å². The van der Waals surface area contributed by atoms with Gasteiger partial charge in [0.1, 0.15) is 4.66 Å². The fourth-order valence-electron chi connectivity index (χ4n) is 0.956. The Labute approximate surface area is 75.7 Å². The molecule has 5 heteroatoms. The summed E-state index contributed by atoms with van der Waals surface area (Å²) in [5, 5.41) is 0. The standard InChI is InChI=1S/C6H12BrNO2S/c1-5-2-6(5)3-8-11(9,10)4-7/h5-6,8H,2-4H2,1H3. The second-order valence-corrected chi connectivity index (χ2v) is 6.16. The van der Waals surface area contributed by atoms with E-state index in [4.69, 9.17) is 0 Å². The number of halogens is 1. The molecule has 0 spiro atoms. The molecule has 0 radical (unpaired) electrons. The molecule has 0 saturated heterocycles. The van der Waals surface area contributed by atoms with Gasteiger partial charge in [-0.3, -0.25) is 0 Å². The minimum atomic E-state index is -3.03. The molecule has 0 aromatic heterocycles. The third kappa shape index (κ3) is 3.09. The van der Waals surface area contributed by atoms with Crippen LogP contribution in [0.4, 0.5) is 0 Å². The van der Waals surface area contributed by atoms with Gasteiger partial charge in [-0.2, -0.15) is 0 Å². The molecule has 1 saturated carbocycles. The maximum absolute atomic E-state index is 10.9. The maximum Gasteiger partial charge on any atom is 0.221 e. The largest absolute Gasteiger partial charge is 0.221 e. The van der Waals surface area contributed by atoms with Crippen LogP contribution in [0, 0.1) is 11.8 Å². The van der Waals surface area contributed by atoms with Crippen molar-refractivity contribution in [2.45, 2.75) is 13.3 Å². The lowest BCUT2D eigenvalue weighted by Crippen LogP contribution is -2.26. The zero-order valence-electron chi connectivity index (χ0n) is 6.38. The van der Waals surface area contributed by atoms with Crippen LogP contribution >= 0.6 is 15.9 Å². The fourth-order valence-corrected chi connectivity index (χ4v) is 1.99. The van der Waals surface area contributed by atoms with Gasteiger partial charge >= 0.3 is 0 Å². The normalized spacial score (nSPS) is 30.4. The molecule has 3 nitrogen and oxygen atoms in total. The van der Waals surface area contributed by atoms with Crippen LogP contribution in [0.2, 0.25) is 0 Å². The third-order valence-electron chi connectivity index (χ3n) is 1.99. The summed E-state index contributed by atoms with van der Waals surface area (Å²) in [6, 6.07) is 0. The number of sulfonamides is 1. The Morgan fingerprint density at radius 2 is 2.18 bits per heavy atom. The molecule has 0 aromatic carbocycles. The number of alkyl halides is 1. The molecular weight excluding hydrogens is 230 g/mol. The molecule has 66 valence electrons. The Bertz CT molecular complexity index is 227. The number of nitrogens with one attached hydrogen (secondary N) is 1. The zero-order valence-corrected chi connectivity index (χ0v) is 8.78. The molecule has 1 aliphatic rings. The van der Waals surface area contributed by atoms with Crippen molar-refractivity contribution < 1.29 is 8.42 Å². The van der Waals surface area contributed by atoms with E-state index >= 15 is 0 Å². The highest BCUT2D eigenvalue weighted by atomic mass is 79.9. The highest BCUT2D eigenvalue weighted by Gasteiger charge is 2.32. The molecule has 1 N–H and O–H groups in total. The molecule has 1 rings (SSSR count). The van der Waals surface area contributed by atoms with Crippen molar-refractivity contribution >= 4 is 26.0 Å². The van der Waals surface area contributed by atoms with E-state index in [1.165, 1.54) is 0 Å². The van der Waals surface area contributed by atoms with E-state index < -0.39 is 10.0 Å². The smallest absolute Gasteiger partial charge is 0.214 e. The lowest BCUT2D eigenvalue weighted by molar-refractivity contribution is 0.580. The van der Waals surface area contributed by atoms with E-state index in [2.05, 4.69) is 27.6 Å². The van der Waals surface area contributed by atoms with Crippen molar-refractivity contribution in [2.75, 3.05) is 11.2 Å². The van der Waals surface area contributed by atoms with Gasteiger partial charge in [0.2, 0.25) is 10.0 Å². The second kappa shape index (κ2) is 3.41. The monoisotopic (exact) mass is 241 g/mol. The van der Waals surface area contributed by atoms with Crippen LogP contribution in [0.3, 0.4) is 0 Å². The van der Waals surface area contributed by atoms with E-state index in [9.17, 15) is 8.42 Å². The Kier molecular flexibility index (Phi) is 2.94. The van der Waals surface area contributed by atoms with Crippen LogP contribution < -0.4 is 4.72 Å². The SMILES string of the molecule is CC1CC1CNS(=O)(=O)CBr. The predicted octanol–water partition coefficient (Wildman–Crippen LogP) is 0.914. The van der Waals surface area contributed by atoms with E-state index in [0.717, 1.165) is 6.42 Å². The first-order valence-electron chi connectivity index (χ1n) is 3.58. The molecule has 2 atom stereocenters. The van der Waals surface area contributed by atoms with Crippen molar-refractivity contribution in [3.63, 3.8) is 0 Å². The summed E-state index contributed by atoms with van der Waals surface area (Å²) in [6.45, 7) is 2.74. The molecule has 0 aliphatic heterocycles. The molecule has 11 heavy (non-hydrogen) atoms. The summed E-state index contributed by atoms with van der Waals surface area (Å²) in [6.07, 6.45) is 1.16. The van der Waals surface area contributed by atoms with Gasteiger partial charge in [-0.1, -0.05) is 22.9 Å². The van der Waals surface area contributed by atoms with E-state index in [0.29, 0.717) is 18.4 Å². The van der Waals surface area contributed by atoms with Crippen LogP contribution in [-0.2, 0) is 10.0 Å². The van der Waals surface area contributed by atoms with E-state index in [1.54, 1.807) is 0 Å². The molecule has 0 aromatic rings. The van der Waals surface area contributed by atoms with Crippen molar-refractivity contribution in [3.05, 3.63) is 0 Å². The van der Waals surface area contributed by atoms with Gasteiger partial charge in [0.15, 0.2) is 0 Å². The van der Waals surface area contributed by atoms with E-state index in [-0.39, 0.29) is 4.66 Å². The molecule has 2 unspecified atom stereocenters. The van der Waals surface area contributed by atoms with Gasteiger partial charge in [0.25, 0.3) is 0 Å². The quantitative estimate of drug-likeness (QED) is 0.745. The first-order valence-corrected chi connectivity index (χ1v) is 6.36. The third-order valence-corrected chi connectivity index (χ3v) is 4.69. The Morgan fingerprint density at radius 3 is 2.55 bits per heavy atom. The fraction of sp³-hybridized carbons (Fsp3) is 1.00. The van der Waals surface area contributed by atoms with Gasteiger partial charge in [-0.15, -0.1) is 0 Å². The first-order chi connectivity index (χ1) is 5.05. The van der Waals surface area contributed by atoms with Gasteiger partial charge < -0.3 is 0 Å². The molecule has 1 fully saturated rings. The first kappa shape index (κ1) is 9.48.